The summed E-state index contributed by atoms with van der Waals surface area (Å²) in [5.74, 6) is -0.111. The van der Waals surface area contributed by atoms with E-state index in [9.17, 15) is 23.3 Å². The molecule has 0 aliphatic rings. The summed E-state index contributed by atoms with van der Waals surface area (Å²) in [5, 5.41) is 15.4. The Balaban J connectivity index is 1.59. The average Bonchev–Trinajstić information content (AvgIpc) is 3.21. The van der Waals surface area contributed by atoms with Crippen molar-refractivity contribution in [3.63, 3.8) is 0 Å². The molecule has 3 aromatic rings. The minimum absolute atomic E-state index is 0.0699. The molecule has 1 aromatic heterocycles. The maximum Gasteiger partial charge on any atom is 0.269 e. The van der Waals surface area contributed by atoms with Gasteiger partial charge in [0.05, 0.1) is 15.5 Å². The number of non-ortho nitro benzene ring substituents is 1. The van der Waals surface area contributed by atoms with Crippen molar-refractivity contribution in [1.82, 2.24) is 9.29 Å². The fourth-order valence-electron chi connectivity index (χ4n) is 2.44. The molecule has 0 saturated carbocycles. The van der Waals surface area contributed by atoms with Gasteiger partial charge in [-0.25, -0.2) is 17.7 Å². The number of carbonyl (C=O) groups excluding carboxylic acids is 1. The van der Waals surface area contributed by atoms with E-state index in [-0.39, 0.29) is 17.2 Å². The highest BCUT2D eigenvalue weighted by molar-refractivity contribution is 7.89. The van der Waals surface area contributed by atoms with Crippen LogP contribution in [0.4, 0.5) is 10.8 Å². The van der Waals surface area contributed by atoms with Gasteiger partial charge in [0.1, 0.15) is 5.75 Å². The Morgan fingerprint density at radius 3 is 2.39 bits per heavy atom. The molecule has 1 N–H and O–H groups in total. The van der Waals surface area contributed by atoms with Crippen LogP contribution in [0, 0.1) is 10.1 Å². The zero-order valence-electron chi connectivity index (χ0n) is 16.5. The number of sulfonamides is 1. The van der Waals surface area contributed by atoms with Gasteiger partial charge in [-0.3, -0.25) is 20.2 Å². The minimum Gasteiger partial charge on any atom is -0.484 e. The second kappa shape index (κ2) is 9.20. The lowest BCUT2D eigenvalue weighted by molar-refractivity contribution is -0.384. The van der Waals surface area contributed by atoms with Gasteiger partial charge < -0.3 is 4.74 Å². The first-order chi connectivity index (χ1) is 14.7. The molecule has 0 aliphatic heterocycles. The smallest absolute Gasteiger partial charge is 0.269 e. The van der Waals surface area contributed by atoms with Gasteiger partial charge in [0.2, 0.25) is 10.0 Å². The SMILES string of the molecule is CN(C)S(=O)(=O)c1ccc(-c2csc(NC(=O)COc3ccc([N+](=O)[O-])cc3)n2)cc1. The fourth-order valence-corrected chi connectivity index (χ4v) is 4.08. The first-order valence-electron chi connectivity index (χ1n) is 8.82. The van der Waals surface area contributed by atoms with Crippen molar-refractivity contribution in [1.29, 1.82) is 0 Å². The van der Waals surface area contributed by atoms with Crippen molar-refractivity contribution < 1.29 is 22.9 Å². The van der Waals surface area contributed by atoms with Crippen LogP contribution in [-0.2, 0) is 14.8 Å². The predicted molar refractivity (Wildman–Crippen MR) is 116 cm³/mol. The molecular formula is C19H18N4O6S2. The van der Waals surface area contributed by atoms with Crippen molar-refractivity contribution in [3.05, 3.63) is 64.0 Å². The molecule has 0 saturated heterocycles. The molecule has 10 nitrogen and oxygen atoms in total. The lowest BCUT2D eigenvalue weighted by atomic mass is 10.2. The monoisotopic (exact) mass is 462 g/mol. The number of anilines is 1. The molecule has 0 spiro atoms. The number of benzene rings is 2. The van der Waals surface area contributed by atoms with Crippen molar-refractivity contribution in [2.75, 3.05) is 26.0 Å². The van der Waals surface area contributed by atoms with Crippen molar-refractivity contribution in [3.8, 4) is 17.0 Å². The Morgan fingerprint density at radius 1 is 1.16 bits per heavy atom. The van der Waals surface area contributed by atoms with Gasteiger partial charge >= 0.3 is 0 Å². The summed E-state index contributed by atoms with van der Waals surface area (Å²) in [7, 11) is -0.587. The zero-order chi connectivity index (χ0) is 22.6. The van der Waals surface area contributed by atoms with Gasteiger partial charge in [0.15, 0.2) is 11.7 Å². The molecule has 162 valence electrons. The van der Waals surface area contributed by atoms with Crippen LogP contribution < -0.4 is 10.1 Å². The van der Waals surface area contributed by atoms with Crippen LogP contribution in [0.1, 0.15) is 0 Å². The highest BCUT2D eigenvalue weighted by Gasteiger charge is 2.17. The van der Waals surface area contributed by atoms with E-state index in [4.69, 9.17) is 4.74 Å². The Labute approximate surface area is 182 Å². The van der Waals surface area contributed by atoms with Crippen LogP contribution in [0.5, 0.6) is 5.75 Å². The second-order valence-corrected chi connectivity index (χ2v) is 9.45. The largest absolute Gasteiger partial charge is 0.484 e. The Hall–Kier alpha value is -3.35. The van der Waals surface area contributed by atoms with Crippen molar-refractivity contribution in [2.45, 2.75) is 4.90 Å². The molecule has 0 atom stereocenters. The van der Waals surface area contributed by atoms with Gasteiger partial charge in [-0.1, -0.05) is 12.1 Å². The maximum atomic E-state index is 12.1. The summed E-state index contributed by atoms with van der Waals surface area (Å²) < 4.78 is 30.7. The van der Waals surface area contributed by atoms with E-state index < -0.39 is 20.9 Å². The number of nitro benzene ring substituents is 1. The first kappa shape index (κ1) is 22.3. The highest BCUT2D eigenvalue weighted by Crippen LogP contribution is 2.26. The highest BCUT2D eigenvalue weighted by atomic mass is 32.2. The number of hydrogen-bond acceptors (Lipinski definition) is 8. The van der Waals surface area contributed by atoms with Gasteiger partial charge in [-0.2, -0.15) is 0 Å². The molecule has 0 radical (unpaired) electrons. The Morgan fingerprint density at radius 2 is 1.81 bits per heavy atom. The molecule has 12 heteroatoms. The fraction of sp³-hybridized carbons (Fsp3) is 0.158. The number of rotatable bonds is 8. The molecule has 31 heavy (non-hydrogen) atoms. The number of amides is 1. The molecule has 2 aromatic carbocycles. The summed E-state index contributed by atoms with van der Waals surface area (Å²) in [6.45, 7) is -0.288. The average molecular weight is 463 g/mol. The third kappa shape index (κ3) is 5.42. The van der Waals surface area contributed by atoms with E-state index in [1.165, 1.54) is 61.8 Å². The number of hydrogen-bond donors (Lipinski definition) is 1. The lowest BCUT2D eigenvalue weighted by Crippen LogP contribution is -2.22. The van der Waals surface area contributed by atoms with E-state index >= 15 is 0 Å². The van der Waals surface area contributed by atoms with Gasteiger partial charge in [-0.05, 0) is 24.3 Å². The van der Waals surface area contributed by atoms with Crippen molar-refractivity contribution in [2.24, 2.45) is 0 Å². The quantitative estimate of drug-likeness (QED) is 0.402. The third-order valence-corrected chi connectivity index (χ3v) is 6.68. The third-order valence-electron chi connectivity index (χ3n) is 4.10. The summed E-state index contributed by atoms with van der Waals surface area (Å²) in [6.07, 6.45) is 0. The maximum absolute atomic E-state index is 12.1. The number of carbonyl (C=O) groups is 1. The van der Waals surface area contributed by atoms with E-state index in [1.807, 2.05) is 0 Å². The summed E-state index contributed by atoms with van der Waals surface area (Å²) in [5.41, 5.74) is 1.22. The molecule has 0 unspecified atom stereocenters. The Bertz CT molecular complexity index is 1190. The number of nitro groups is 1. The van der Waals surface area contributed by atoms with Crippen LogP contribution >= 0.6 is 11.3 Å². The minimum atomic E-state index is -3.51. The number of nitrogens with zero attached hydrogens (tertiary/aromatic N) is 3. The molecule has 3 rings (SSSR count). The number of aromatic nitrogens is 1. The number of thiazole rings is 1. The topological polar surface area (TPSA) is 132 Å². The summed E-state index contributed by atoms with van der Waals surface area (Å²) in [6, 6.07) is 11.7. The van der Waals surface area contributed by atoms with Gasteiger partial charge in [0.25, 0.3) is 11.6 Å². The van der Waals surface area contributed by atoms with Gasteiger partial charge in [0, 0.05) is 37.2 Å². The molecule has 0 bridgehead atoms. The summed E-state index contributed by atoms with van der Waals surface area (Å²) >= 11 is 1.21. The van der Waals surface area contributed by atoms with Crippen molar-refractivity contribution >= 4 is 38.1 Å². The van der Waals surface area contributed by atoms with E-state index in [1.54, 1.807) is 17.5 Å². The van der Waals surface area contributed by atoms with Crippen LogP contribution in [0.3, 0.4) is 0 Å². The predicted octanol–water partition coefficient (Wildman–Crippen LogP) is 2.99. The van der Waals surface area contributed by atoms with Gasteiger partial charge in [-0.15, -0.1) is 11.3 Å². The molecule has 0 aliphatic carbocycles. The number of ether oxygens (including phenoxy) is 1. The normalized spacial score (nSPS) is 11.3. The molecule has 1 heterocycles. The standard InChI is InChI=1S/C19H18N4O6S2/c1-22(2)31(27,28)16-9-3-13(4-10-16)17-12-30-19(20-17)21-18(24)11-29-15-7-5-14(6-8-15)23(25)26/h3-10,12H,11H2,1-2H3,(H,20,21,24). The first-order valence-corrected chi connectivity index (χ1v) is 11.1. The van der Waals surface area contributed by atoms with E-state index in [0.29, 0.717) is 22.1 Å². The molecule has 0 fully saturated rings. The van der Waals surface area contributed by atoms with Crippen LogP contribution in [0.2, 0.25) is 0 Å². The second-order valence-electron chi connectivity index (χ2n) is 6.44. The molecule has 1 amide bonds. The zero-order valence-corrected chi connectivity index (χ0v) is 18.1. The molecular weight excluding hydrogens is 444 g/mol. The van der Waals surface area contributed by atoms with Crippen LogP contribution in [0.15, 0.2) is 58.8 Å². The van der Waals surface area contributed by atoms with Crippen LogP contribution in [-0.4, -0.2) is 49.2 Å². The van der Waals surface area contributed by atoms with E-state index in [0.717, 1.165) is 4.31 Å². The summed E-state index contributed by atoms with van der Waals surface area (Å²) in [4.78, 5) is 26.7. The lowest BCUT2D eigenvalue weighted by Gasteiger charge is -2.11. The van der Waals surface area contributed by atoms with Crippen LogP contribution in [0.25, 0.3) is 11.3 Å². The van der Waals surface area contributed by atoms with E-state index in [2.05, 4.69) is 10.3 Å². The number of nitrogens with one attached hydrogen (secondary N) is 1. The Kier molecular flexibility index (Phi) is 6.63.